The Morgan fingerprint density at radius 3 is 2.80 bits per heavy atom. The molecule has 2 unspecified atom stereocenters. The number of carbonyl (C=O) groups is 2. The second-order valence-corrected chi connectivity index (χ2v) is 3.91. The maximum absolute atomic E-state index is 10.9. The number of amides is 1. The van der Waals surface area contributed by atoms with Gasteiger partial charge in [-0.1, -0.05) is 0 Å². The fourth-order valence-corrected chi connectivity index (χ4v) is 1.79. The minimum absolute atomic E-state index is 0.242. The first kappa shape index (κ1) is 12.0. The molecule has 15 heavy (non-hydrogen) atoms. The van der Waals surface area contributed by atoms with E-state index in [1.54, 1.807) is 0 Å². The normalized spacial score (nSPS) is 23.1. The van der Waals surface area contributed by atoms with Crippen LogP contribution in [0.3, 0.4) is 0 Å². The molecule has 0 aromatic heterocycles. The SMILES string of the molecule is CC(=O)NC(CC1CCCOC1)C(=O)O. The van der Waals surface area contributed by atoms with Crippen LogP contribution in [0, 0.1) is 5.92 Å². The van der Waals surface area contributed by atoms with Crippen molar-refractivity contribution in [2.24, 2.45) is 5.92 Å². The predicted molar refractivity (Wildman–Crippen MR) is 53.4 cm³/mol. The third-order valence-electron chi connectivity index (χ3n) is 2.50. The third kappa shape index (κ3) is 4.29. The predicted octanol–water partition coefficient (Wildman–Crippen LogP) is 0.392. The molecule has 1 rings (SSSR count). The Morgan fingerprint density at radius 2 is 2.33 bits per heavy atom. The molecule has 0 saturated carbocycles. The van der Waals surface area contributed by atoms with E-state index in [9.17, 15) is 9.59 Å². The second-order valence-electron chi connectivity index (χ2n) is 3.91. The Balaban J connectivity index is 2.42. The van der Waals surface area contributed by atoms with E-state index in [1.165, 1.54) is 6.92 Å². The van der Waals surface area contributed by atoms with E-state index in [0.717, 1.165) is 19.4 Å². The lowest BCUT2D eigenvalue weighted by Crippen LogP contribution is -2.41. The van der Waals surface area contributed by atoms with Crippen molar-refractivity contribution in [2.45, 2.75) is 32.2 Å². The van der Waals surface area contributed by atoms with E-state index in [-0.39, 0.29) is 11.8 Å². The Morgan fingerprint density at radius 1 is 1.60 bits per heavy atom. The molecule has 5 heteroatoms. The van der Waals surface area contributed by atoms with E-state index in [4.69, 9.17) is 9.84 Å². The molecule has 0 spiro atoms. The van der Waals surface area contributed by atoms with E-state index < -0.39 is 12.0 Å². The van der Waals surface area contributed by atoms with E-state index in [2.05, 4.69) is 5.32 Å². The van der Waals surface area contributed by atoms with Gasteiger partial charge in [0, 0.05) is 20.1 Å². The van der Waals surface area contributed by atoms with Crippen molar-refractivity contribution in [2.75, 3.05) is 13.2 Å². The van der Waals surface area contributed by atoms with Crippen LogP contribution in [0.2, 0.25) is 0 Å². The van der Waals surface area contributed by atoms with Gasteiger partial charge in [0.1, 0.15) is 6.04 Å². The molecule has 5 nitrogen and oxygen atoms in total. The quantitative estimate of drug-likeness (QED) is 0.711. The summed E-state index contributed by atoms with van der Waals surface area (Å²) in [5, 5.41) is 11.3. The first-order chi connectivity index (χ1) is 7.09. The summed E-state index contributed by atoms with van der Waals surface area (Å²) >= 11 is 0. The minimum atomic E-state index is -0.976. The van der Waals surface area contributed by atoms with Crippen molar-refractivity contribution in [3.63, 3.8) is 0 Å². The van der Waals surface area contributed by atoms with Crippen LogP contribution in [0.5, 0.6) is 0 Å². The molecule has 0 bridgehead atoms. The fourth-order valence-electron chi connectivity index (χ4n) is 1.79. The summed E-state index contributed by atoms with van der Waals surface area (Å²) in [5.74, 6) is -1.04. The molecule has 0 radical (unpaired) electrons. The highest BCUT2D eigenvalue weighted by atomic mass is 16.5. The summed E-state index contributed by atoms with van der Waals surface area (Å²) in [4.78, 5) is 21.6. The zero-order chi connectivity index (χ0) is 11.3. The fraction of sp³-hybridized carbons (Fsp3) is 0.800. The van der Waals surface area contributed by atoms with Gasteiger partial charge >= 0.3 is 5.97 Å². The summed E-state index contributed by atoms with van der Waals surface area (Å²) in [7, 11) is 0. The smallest absolute Gasteiger partial charge is 0.326 e. The Labute approximate surface area is 88.8 Å². The third-order valence-corrected chi connectivity index (χ3v) is 2.50. The molecule has 0 aliphatic carbocycles. The summed E-state index contributed by atoms with van der Waals surface area (Å²) < 4.78 is 5.26. The van der Waals surface area contributed by atoms with Gasteiger partial charge in [-0.2, -0.15) is 0 Å². The maximum Gasteiger partial charge on any atom is 0.326 e. The lowest BCUT2D eigenvalue weighted by Gasteiger charge is -2.24. The molecule has 1 aliphatic rings. The molecule has 1 heterocycles. The first-order valence-corrected chi connectivity index (χ1v) is 5.17. The van der Waals surface area contributed by atoms with E-state index in [0.29, 0.717) is 13.0 Å². The number of rotatable bonds is 4. The zero-order valence-electron chi connectivity index (χ0n) is 8.86. The number of nitrogens with one attached hydrogen (secondary N) is 1. The van der Waals surface area contributed by atoms with Crippen LogP contribution >= 0.6 is 0 Å². The average molecular weight is 215 g/mol. The lowest BCUT2D eigenvalue weighted by molar-refractivity contribution is -0.142. The molecule has 2 atom stereocenters. The van der Waals surface area contributed by atoms with Crippen molar-refractivity contribution >= 4 is 11.9 Å². The molecule has 0 aromatic carbocycles. The molecule has 1 fully saturated rings. The molecular formula is C10H17NO4. The largest absolute Gasteiger partial charge is 0.480 e. The van der Waals surface area contributed by atoms with E-state index >= 15 is 0 Å². The van der Waals surface area contributed by atoms with Gasteiger partial charge in [0.15, 0.2) is 0 Å². The molecule has 0 aromatic rings. The van der Waals surface area contributed by atoms with Crippen molar-refractivity contribution in [1.29, 1.82) is 0 Å². The highest BCUT2D eigenvalue weighted by molar-refractivity contribution is 5.82. The lowest BCUT2D eigenvalue weighted by atomic mass is 9.94. The van der Waals surface area contributed by atoms with Gasteiger partial charge in [-0.15, -0.1) is 0 Å². The van der Waals surface area contributed by atoms with Gasteiger partial charge in [0.25, 0.3) is 0 Å². The van der Waals surface area contributed by atoms with Gasteiger partial charge in [0.2, 0.25) is 5.91 Å². The van der Waals surface area contributed by atoms with Crippen molar-refractivity contribution in [3.05, 3.63) is 0 Å². The van der Waals surface area contributed by atoms with E-state index in [1.807, 2.05) is 0 Å². The molecule has 2 N–H and O–H groups in total. The highest BCUT2D eigenvalue weighted by Gasteiger charge is 2.24. The van der Waals surface area contributed by atoms with Crippen LogP contribution in [-0.4, -0.2) is 36.2 Å². The van der Waals surface area contributed by atoms with Crippen molar-refractivity contribution < 1.29 is 19.4 Å². The maximum atomic E-state index is 10.9. The molecule has 1 saturated heterocycles. The summed E-state index contributed by atoms with van der Waals surface area (Å²) in [6, 6.07) is -0.783. The number of ether oxygens (including phenoxy) is 1. The van der Waals surface area contributed by atoms with Gasteiger partial charge in [0.05, 0.1) is 0 Å². The number of aliphatic carboxylic acids is 1. The van der Waals surface area contributed by atoms with Gasteiger partial charge < -0.3 is 15.2 Å². The second kappa shape index (κ2) is 5.70. The zero-order valence-corrected chi connectivity index (χ0v) is 8.86. The number of hydrogen-bond acceptors (Lipinski definition) is 3. The molecular weight excluding hydrogens is 198 g/mol. The Bertz CT molecular complexity index is 236. The molecule has 1 aliphatic heterocycles. The van der Waals surface area contributed by atoms with Gasteiger partial charge in [-0.05, 0) is 25.2 Å². The number of carbonyl (C=O) groups excluding carboxylic acids is 1. The average Bonchev–Trinajstić information content (AvgIpc) is 2.17. The van der Waals surface area contributed by atoms with Crippen LogP contribution in [0.4, 0.5) is 0 Å². The summed E-state index contributed by atoms with van der Waals surface area (Å²) in [5.41, 5.74) is 0. The van der Waals surface area contributed by atoms with Crippen LogP contribution in [0.25, 0.3) is 0 Å². The van der Waals surface area contributed by atoms with Crippen LogP contribution in [0.1, 0.15) is 26.2 Å². The van der Waals surface area contributed by atoms with Gasteiger partial charge in [-0.25, -0.2) is 4.79 Å². The minimum Gasteiger partial charge on any atom is -0.480 e. The molecule has 1 amide bonds. The van der Waals surface area contributed by atoms with Gasteiger partial charge in [-0.3, -0.25) is 4.79 Å². The Hall–Kier alpha value is -1.10. The number of hydrogen-bond donors (Lipinski definition) is 2. The summed E-state index contributed by atoms with van der Waals surface area (Å²) in [6.45, 7) is 2.69. The molecule has 86 valence electrons. The number of carboxylic acids is 1. The Kier molecular flexibility index (Phi) is 4.55. The monoisotopic (exact) mass is 215 g/mol. The highest BCUT2D eigenvalue weighted by Crippen LogP contribution is 2.18. The first-order valence-electron chi connectivity index (χ1n) is 5.17. The van der Waals surface area contributed by atoms with Crippen LogP contribution < -0.4 is 5.32 Å². The van der Waals surface area contributed by atoms with Crippen LogP contribution in [-0.2, 0) is 14.3 Å². The van der Waals surface area contributed by atoms with Crippen molar-refractivity contribution in [1.82, 2.24) is 5.32 Å². The standard InChI is InChI=1S/C10H17NO4/c1-7(12)11-9(10(13)14)5-8-3-2-4-15-6-8/h8-9H,2-6H2,1H3,(H,11,12)(H,13,14). The number of carboxylic acid groups (broad SMARTS) is 1. The van der Waals surface area contributed by atoms with Crippen LogP contribution in [0.15, 0.2) is 0 Å². The van der Waals surface area contributed by atoms with Crippen molar-refractivity contribution in [3.8, 4) is 0 Å². The summed E-state index contributed by atoms with van der Waals surface area (Å²) in [6.07, 6.45) is 2.40. The topological polar surface area (TPSA) is 75.6 Å².